The maximum atomic E-state index is 4.43. The summed E-state index contributed by atoms with van der Waals surface area (Å²) in [5.74, 6) is 1.77. The summed E-state index contributed by atoms with van der Waals surface area (Å²) in [4.78, 5) is 4.43. The van der Waals surface area contributed by atoms with E-state index in [0.29, 0.717) is 6.04 Å². The van der Waals surface area contributed by atoms with Crippen LogP contribution in [0.2, 0.25) is 0 Å². The molecule has 1 aliphatic heterocycles. The molecular weight excluding hydrogens is 198 g/mol. The number of nitrogens with zero attached hydrogens (tertiary/aromatic N) is 1. The average molecular weight is 219 g/mol. The zero-order valence-corrected chi connectivity index (χ0v) is 10.2. The molecule has 1 saturated heterocycles. The molecule has 0 radical (unpaired) electrons. The second-order valence-corrected chi connectivity index (χ2v) is 4.91. The van der Waals surface area contributed by atoms with Crippen molar-refractivity contribution in [3.05, 3.63) is 23.9 Å². The molecule has 1 aliphatic rings. The van der Waals surface area contributed by atoms with Crippen LogP contribution in [0.1, 0.15) is 25.8 Å². The van der Waals surface area contributed by atoms with Gasteiger partial charge in [-0.05, 0) is 57.3 Å². The highest BCUT2D eigenvalue weighted by atomic mass is 15.0. The first kappa shape index (κ1) is 11.4. The Labute approximate surface area is 97.7 Å². The van der Waals surface area contributed by atoms with E-state index >= 15 is 0 Å². The van der Waals surface area contributed by atoms with E-state index in [4.69, 9.17) is 0 Å². The van der Waals surface area contributed by atoms with Crippen LogP contribution in [0.5, 0.6) is 0 Å². The van der Waals surface area contributed by atoms with Gasteiger partial charge < -0.3 is 10.6 Å². The summed E-state index contributed by atoms with van der Waals surface area (Å²) < 4.78 is 0. The number of hydrogen-bond donors (Lipinski definition) is 2. The van der Waals surface area contributed by atoms with Crippen molar-refractivity contribution in [2.24, 2.45) is 5.92 Å². The normalized spacial score (nSPS) is 20.3. The van der Waals surface area contributed by atoms with Crippen LogP contribution in [0.3, 0.4) is 0 Å². The van der Waals surface area contributed by atoms with Gasteiger partial charge in [-0.25, -0.2) is 4.98 Å². The summed E-state index contributed by atoms with van der Waals surface area (Å²) in [7, 11) is 0. The van der Waals surface area contributed by atoms with Crippen molar-refractivity contribution in [1.29, 1.82) is 0 Å². The second-order valence-electron chi connectivity index (χ2n) is 4.91. The number of pyridine rings is 1. The van der Waals surface area contributed by atoms with E-state index in [1.165, 1.54) is 18.5 Å². The van der Waals surface area contributed by atoms with Crippen molar-refractivity contribution in [2.45, 2.75) is 32.7 Å². The quantitative estimate of drug-likeness (QED) is 0.814. The van der Waals surface area contributed by atoms with Crippen LogP contribution >= 0.6 is 0 Å². The highest BCUT2D eigenvalue weighted by molar-refractivity contribution is 5.36. The van der Waals surface area contributed by atoms with E-state index < -0.39 is 0 Å². The van der Waals surface area contributed by atoms with Crippen LogP contribution in [0.25, 0.3) is 0 Å². The molecule has 1 aromatic rings. The van der Waals surface area contributed by atoms with Gasteiger partial charge in [-0.3, -0.25) is 0 Å². The van der Waals surface area contributed by atoms with E-state index in [9.17, 15) is 0 Å². The monoisotopic (exact) mass is 219 g/mol. The third-order valence-electron chi connectivity index (χ3n) is 2.95. The summed E-state index contributed by atoms with van der Waals surface area (Å²) in [5.41, 5.74) is 1.35. The molecule has 2 heterocycles. The number of hydrogen-bond acceptors (Lipinski definition) is 3. The van der Waals surface area contributed by atoms with Crippen LogP contribution in [-0.4, -0.2) is 24.1 Å². The minimum absolute atomic E-state index is 0.442. The van der Waals surface area contributed by atoms with Gasteiger partial charge >= 0.3 is 0 Å². The first-order valence-electron chi connectivity index (χ1n) is 6.16. The first-order chi connectivity index (χ1) is 7.74. The van der Waals surface area contributed by atoms with Gasteiger partial charge in [0, 0.05) is 12.2 Å². The number of anilines is 1. The molecular formula is C13H21N3. The van der Waals surface area contributed by atoms with E-state index in [0.717, 1.165) is 24.7 Å². The van der Waals surface area contributed by atoms with Crippen molar-refractivity contribution in [3.63, 3.8) is 0 Å². The van der Waals surface area contributed by atoms with E-state index in [2.05, 4.69) is 41.6 Å². The largest absolute Gasteiger partial charge is 0.368 e. The number of aromatic nitrogens is 1. The minimum Gasteiger partial charge on any atom is -0.368 e. The lowest BCUT2D eigenvalue weighted by atomic mass is 10.00. The molecule has 0 aromatic carbocycles. The van der Waals surface area contributed by atoms with Crippen molar-refractivity contribution in [2.75, 3.05) is 18.4 Å². The lowest BCUT2D eigenvalue weighted by Crippen LogP contribution is -2.12. The van der Waals surface area contributed by atoms with Gasteiger partial charge in [0.15, 0.2) is 0 Å². The highest BCUT2D eigenvalue weighted by Gasteiger charge is 2.14. The maximum absolute atomic E-state index is 4.43. The van der Waals surface area contributed by atoms with Crippen LogP contribution in [0, 0.1) is 5.92 Å². The molecule has 2 N–H and O–H groups in total. The predicted octanol–water partition coefficient (Wildman–Crippen LogP) is 2.05. The Morgan fingerprint density at radius 1 is 1.50 bits per heavy atom. The fraction of sp³-hybridized carbons (Fsp3) is 0.615. The molecule has 2 rings (SSSR count). The molecule has 1 atom stereocenters. The molecule has 0 amide bonds. The lowest BCUT2D eigenvalue weighted by Gasteiger charge is -2.11. The zero-order valence-electron chi connectivity index (χ0n) is 10.2. The Hall–Kier alpha value is -1.09. The van der Waals surface area contributed by atoms with Gasteiger partial charge in [0.25, 0.3) is 0 Å². The Kier molecular flexibility index (Phi) is 3.78. The van der Waals surface area contributed by atoms with Crippen LogP contribution in [-0.2, 0) is 6.42 Å². The summed E-state index contributed by atoms with van der Waals surface area (Å²) in [6.07, 6.45) is 4.46. The molecule has 88 valence electrons. The zero-order chi connectivity index (χ0) is 11.4. The van der Waals surface area contributed by atoms with Gasteiger partial charge in [-0.1, -0.05) is 6.07 Å². The van der Waals surface area contributed by atoms with Crippen molar-refractivity contribution >= 4 is 5.82 Å². The number of rotatable bonds is 4. The van der Waals surface area contributed by atoms with Crippen LogP contribution in [0.4, 0.5) is 5.82 Å². The second kappa shape index (κ2) is 5.30. The first-order valence-corrected chi connectivity index (χ1v) is 6.16. The van der Waals surface area contributed by atoms with Crippen molar-refractivity contribution < 1.29 is 0 Å². The fourth-order valence-corrected chi connectivity index (χ4v) is 2.15. The molecule has 0 unspecified atom stereocenters. The molecule has 0 bridgehead atoms. The summed E-state index contributed by atoms with van der Waals surface area (Å²) in [6.45, 7) is 6.58. The Bertz CT molecular complexity index is 312. The minimum atomic E-state index is 0.442. The fourth-order valence-electron chi connectivity index (χ4n) is 2.15. The standard InChI is InChI=1S/C13H21N3/c1-10(2)16-13-4-3-11(9-15-13)7-12-5-6-14-8-12/h3-4,9-10,12,14H,5-8H2,1-2H3,(H,15,16)/t12-/m0/s1. The summed E-state index contributed by atoms with van der Waals surface area (Å²) in [6, 6.07) is 4.71. The molecule has 1 fully saturated rings. The number of nitrogens with one attached hydrogen (secondary N) is 2. The predicted molar refractivity (Wildman–Crippen MR) is 67.7 cm³/mol. The smallest absolute Gasteiger partial charge is 0.126 e. The summed E-state index contributed by atoms with van der Waals surface area (Å²) >= 11 is 0. The maximum Gasteiger partial charge on any atom is 0.126 e. The molecule has 0 aliphatic carbocycles. The molecule has 16 heavy (non-hydrogen) atoms. The van der Waals surface area contributed by atoms with Crippen LogP contribution < -0.4 is 10.6 Å². The molecule has 0 spiro atoms. The average Bonchev–Trinajstić information content (AvgIpc) is 2.73. The van der Waals surface area contributed by atoms with Crippen molar-refractivity contribution in [1.82, 2.24) is 10.3 Å². The lowest BCUT2D eigenvalue weighted by molar-refractivity contribution is 0.579. The Morgan fingerprint density at radius 3 is 2.94 bits per heavy atom. The van der Waals surface area contributed by atoms with E-state index in [1.54, 1.807) is 0 Å². The van der Waals surface area contributed by atoms with E-state index in [1.807, 2.05) is 6.20 Å². The van der Waals surface area contributed by atoms with Gasteiger partial charge in [-0.15, -0.1) is 0 Å². The highest BCUT2D eigenvalue weighted by Crippen LogP contribution is 2.15. The van der Waals surface area contributed by atoms with Gasteiger partial charge in [0.05, 0.1) is 0 Å². The third kappa shape index (κ3) is 3.20. The Balaban J connectivity index is 1.90. The molecule has 3 nitrogen and oxygen atoms in total. The Morgan fingerprint density at radius 2 is 2.38 bits per heavy atom. The molecule has 0 saturated carbocycles. The third-order valence-corrected chi connectivity index (χ3v) is 2.95. The van der Waals surface area contributed by atoms with Gasteiger partial charge in [0.2, 0.25) is 0 Å². The van der Waals surface area contributed by atoms with Crippen LogP contribution in [0.15, 0.2) is 18.3 Å². The van der Waals surface area contributed by atoms with Crippen molar-refractivity contribution in [3.8, 4) is 0 Å². The summed E-state index contributed by atoms with van der Waals surface area (Å²) in [5, 5.41) is 6.70. The van der Waals surface area contributed by atoms with Gasteiger partial charge in [0.1, 0.15) is 5.82 Å². The molecule has 1 aromatic heterocycles. The molecule has 3 heteroatoms. The van der Waals surface area contributed by atoms with Gasteiger partial charge in [-0.2, -0.15) is 0 Å². The SMILES string of the molecule is CC(C)Nc1ccc(C[C@@H]2CCNC2)cn1. The van der Waals surface area contributed by atoms with E-state index in [-0.39, 0.29) is 0 Å². The topological polar surface area (TPSA) is 37.0 Å².